The van der Waals surface area contributed by atoms with Crippen LogP contribution >= 0.6 is 11.3 Å². The molecule has 2 heterocycles. The monoisotopic (exact) mass is 353 g/mol. The summed E-state index contributed by atoms with van der Waals surface area (Å²) < 4.78 is 20.3. The van der Waals surface area contributed by atoms with Gasteiger partial charge in [0, 0.05) is 0 Å². The number of hydrogen-bond donors (Lipinski definition) is 0. The molecule has 0 aliphatic heterocycles. The Kier molecular flexibility index (Phi) is 3.77. The Morgan fingerprint density at radius 1 is 1.20 bits per heavy atom. The minimum absolute atomic E-state index is 0.280. The van der Waals surface area contributed by atoms with E-state index in [1.807, 2.05) is 24.3 Å². The Morgan fingerprint density at radius 3 is 2.80 bits per heavy atom. The van der Waals surface area contributed by atoms with Crippen molar-refractivity contribution in [2.45, 2.75) is 0 Å². The zero-order valence-corrected chi connectivity index (χ0v) is 14.0. The minimum Gasteiger partial charge on any atom is -0.496 e. The smallest absolute Gasteiger partial charge is 0.291 e. The van der Waals surface area contributed by atoms with Gasteiger partial charge in [-0.25, -0.2) is 4.39 Å². The first kappa shape index (κ1) is 15.5. The van der Waals surface area contributed by atoms with Gasteiger partial charge in [-0.3, -0.25) is 4.79 Å². The standard InChI is InChI=1S/C18H12FN3O2S/c1-24-14-8-3-2-7-13(14)16-20-18-22(21-16)17(23)15(25-18)10-11-5-4-6-12(19)9-11/h2-10H,1H3. The molecule has 0 spiro atoms. The molecule has 4 aromatic rings. The number of methoxy groups -OCH3 is 1. The summed E-state index contributed by atoms with van der Waals surface area (Å²) in [5.41, 5.74) is 1.06. The topological polar surface area (TPSA) is 56.5 Å². The van der Waals surface area contributed by atoms with Gasteiger partial charge in [0.05, 0.1) is 17.2 Å². The van der Waals surface area contributed by atoms with E-state index in [1.165, 1.54) is 28.0 Å². The van der Waals surface area contributed by atoms with Crippen molar-refractivity contribution in [1.29, 1.82) is 0 Å². The predicted molar refractivity (Wildman–Crippen MR) is 94.3 cm³/mol. The van der Waals surface area contributed by atoms with Gasteiger partial charge in [-0.05, 0) is 35.9 Å². The lowest BCUT2D eigenvalue weighted by Gasteiger charge is -2.03. The van der Waals surface area contributed by atoms with E-state index in [1.54, 1.807) is 25.3 Å². The summed E-state index contributed by atoms with van der Waals surface area (Å²) in [7, 11) is 1.57. The molecule has 0 amide bonds. The summed E-state index contributed by atoms with van der Waals surface area (Å²) in [4.78, 5) is 17.4. The van der Waals surface area contributed by atoms with Crippen LogP contribution in [0.5, 0.6) is 5.75 Å². The fraction of sp³-hybridized carbons (Fsp3) is 0.0556. The van der Waals surface area contributed by atoms with Gasteiger partial charge >= 0.3 is 0 Å². The quantitative estimate of drug-likeness (QED) is 0.568. The van der Waals surface area contributed by atoms with Crippen LogP contribution in [0.2, 0.25) is 0 Å². The molecular weight excluding hydrogens is 341 g/mol. The number of thiazole rings is 1. The first-order valence-electron chi connectivity index (χ1n) is 7.46. The summed E-state index contributed by atoms with van der Waals surface area (Å²) in [6, 6.07) is 13.4. The second-order valence-electron chi connectivity index (χ2n) is 5.30. The molecule has 0 unspecified atom stereocenters. The normalized spacial score (nSPS) is 12.0. The Hall–Kier alpha value is -3.06. The van der Waals surface area contributed by atoms with E-state index in [2.05, 4.69) is 10.1 Å². The summed E-state index contributed by atoms with van der Waals surface area (Å²) in [6.45, 7) is 0. The number of fused-ring (bicyclic) bond motifs is 1. The fourth-order valence-electron chi connectivity index (χ4n) is 2.52. The van der Waals surface area contributed by atoms with Crippen LogP contribution in [-0.2, 0) is 0 Å². The molecule has 0 radical (unpaired) electrons. The molecule has 0 N–H and O–H groups in total. The minimum atomic E-state index is -0.348. The zero-order valence-electron chi connectivity index (χ0n) is 13.1. The molecule has 124 valence electrons. The number of rotatable bonds is 3. The van der Waals surface area contributed by atoms with Crippen LogP contribution in [0.4, 0.5) is 4.39 Å². The van der Waals surface area contributed by atoms with Crippen LogP contribution in [0.3, 0.4) is 0 Å². The van der Waals surface area contributed by atoms with Crippen LogP contribution in [0.25, 0.3) is 22.4 Å². The second-order valence-corrected chi connectivity index (χ2v) is 6.31. The highest BCUT2D eigenvalue weighted by atomic mass is 32.1. The van der Waals surface area contributed by atoms with Gasteiger partial charge in [0.25, 0.3) is 5.56 Å². The first-order chi connectivity index (χ1) is 12.2. The van der Waals surface area contributed by atoms with Crippen LogP contribution < -0.4 is 14.8 Å². The Morgan fingerprint density at radius 2 is 2.04 bits per heavy atom. The number of hydrogen-bond acceptors (Lipinski definition) is 5. The fourth-order valence-corrected chi connectivity index (χ4v) is 3.43. The van der Waals surface area contributed by atoms with Gasteiger partial charge in [0.2, 0.25) is 4.96 Å². The molecule has 0 atom stereocenters. The maximum Gasteiger partial charge on any atom is 0.291 e. The second kappa shape index (κ2) is 6.10. The van der Waals surface area contributed by atoms with E-state index in [0.717, 1.165) is 5.56 Å². The third-order valence-corrected chi connectivity index (χ3v) is 4.64. The van der Waals surface area contributed by atoms with Crippen LogP contribution in [0, 0.1) is 5.82 Å². The molecule has 0 bridgehead atoms. The Labute approximate surface area is 145 Å². The maximum absolute atomic E-state index is 13.3. The summed E-state index contributed by atoms with van der Waals surface area (Å²) in [5.74, 6) is 0.719. The number of nitrogens with zero attached hydrogens (tertiary/aromatic N) is 3. The molecule has 0 saturated heterocycles. The maximum atomic E-state index is 13.3. The third-order valence-electron chi connectivity index (χ3n) is 3.68. The highest BCUT2D eigenvalue weighted by molar-refractivity contribution is 7.15. The molecule has 25 heavy (non-hydrogen) atoms. The molecule has 0 saturated carbocycles. The SMILES string of the molecule is COc1ccccc1-c1nc2sc(=Cc3cccc(F)c3)c(=O)n2n1. The molecule has 0 aliphatic rings. The van der Waals surface area contributed by atoms with E-state index in [-0.39, 0.29) is 11.4 Å². The lowest BCUT2D eigenvalue weighted by molar-refractivity contribution is 0.416. The number of halogens is 1. The summed E-state index contributed by atoms with van der Waals surface area (Å²) >= 11 is 1.21. The summed E-state index contributed by atoms with van der Waals surface area (Å²) in [5, 5.41) is 4.30. The summed E-state index contributed by atoms with van der Waals surface area (Å²) in [6.07, 6.45) is 1.63. The molecule has 0 aliphatic carbocycles. The number of benzene rings is 2. The van der Waals surface area contributed by atoms with Gasteiger partial charge in [-0.1, -0.05) is 35.6 Å². The van der Waals surface area contributed by atoms with Crippen molar-refractivity contribution in [2.24, 2.45) is 0 Å². The molecule has 7 heteroatoms. The Balaban J connectivity index is 1.84. The van der Waals surface area contributed by atoms with Crippen molar-refractivity contribution >= 4 is 22.4 Å². The van der Waals surface area contributed by atoms with Crippen molar-refractivity contribution in [2.75, 3.05) is 7.11 Å². The molecule has 2 aromatic carbocycles. The number of ether oxygens (including phenoxy) is 1. The van der Waals surface area contributed by atoms with Crippen LogP contribution in [0.1, 0.15) is 5.56 Å². The average Bonchev–Trinajstić information content (AvgIpc) is 3.15. The van der Waals surface area contributed by atoms with E-state index < -0.39 is 0 Å². The molecular formula is C18H12FN3O2S. The Bertz CT molecular complexity index is 1180. The average molecular weight is 353 g/mol. The molecule has 5 nitrogen and oxygen atoms in total. The lowest BCUT2D eigenvalue weighted by atomic mass is 10.2. The number of aromatic nitrogens is 3. The highest BCUT2D eigenvalue weighted by Crippen LogP contribution is 2.27. The van der Waals surface area contributed by atoms with Gasteiger partial charge in [0.1, 0.15) is 11.6 Å². The van der Waals surface area contributed by atoms with E-state index in [9.17, 15) is 9.18 Å². The molecule has 4 rings (SSSR count). The van der Waals surface area contributed by atoms with Crippen molar-refractivity contribution < 1.29 is 9.13 Å². The van der Waals surface area contributed by atoms with E-state index in [0.29, 0.717) is 26.6 Å². The van der Waals surface area contributed by atoms with Crippen molar-refractivity contribution in [3.8, 4) is 17.1 Å². The zero-order chi connectivity index (χ0) is 17.4. The van der Waals surface area contributed by atoms with E-state index >= 15 is 0 Å². The lowest BCUT2D eigenvalue weighted by Crippen LogP contribution is -2.23. The van der Waals surface area contributed by atoms with Crippen LogP contribution in [-0.4, -0.2) is 21.7 Å². The third kappa shape index (κ3) is 2.78. The van der Waals surface area contributed by atoms with Crippen molar-refractivity contribution in [1.82, 2.24) is 14.6 Å². The first-order valence-corrected chi connectivity index (χ1v) is 8.27. The predicted octanol–water partition coefficient (Wildman–Crippen LogP) is 2.51. The van der Waals surface area contributed by atoms with E-state index in [4.69, 9.17) is 4.74 Å². The molecule has 2 aromatic heterocycles. The number of para-hydroxylation sites is 1. The van der Waals surface area contributed by atoms with Gasteiger partial charge in [0.15, 0.2) is 5.82 Å². The largest absolute Gasteiger partial charge is 0.496 e. The van der Waals surface area contributed by atoms with Gasteiger partial charge in [-0.15, -0.1) is 5.10 Å². The highest BCUT2D eigenvalue weighted by Gasteiger charge is 2.14. The van der Waals surface area contributed by atoms with Gasteiger partial charge in [-0.2, -0.15) is 9.50 Å². The van der Waals surface area contributed by atoms with Gasteiger partial charge < -0.3 is 4.74 Å². The van der Waals surface area contributed by atoms with Crippen LogP contribution in [0.15, 0.2) is 53.3 Å². The van der Waals surface area contributed by atoms with Crippen molar-refractivity contribution in [3.63, 3.8) is 0 Å². The molecule has 0 fully saturated rings. The van der Waals surface area contributed by atoms with Crippen molar-refractivity contribution in [3.05, 3.63) is 74.8 Å².